The maximum absolute atomic E-state index is 10.8. The van der Waals surface area contributed by atoms with Crippen molar-refractivity contribution >= 4 is 11.7 Å². The van der Waals surface area contributed by atoms with Crippen LogP contribution in [-0.4, -0.2) is 27.8 Å². The number of carboxylic acid groups (broad SMARTS) is 1. The van der Waals surface area contributed by atoms with Crippen LogP contribution in [-0.2, 0) is 11.3 Å². The van der Waals surface area contributed by atoms with Gasteiger partial charge in [-0.05, 0) is 19.1 Å². The van der Waals surface area contributed by atoms with Crippen molar-refractivity contribution in [1.82, 2.24) is 10.2 Å². The predicted molar refractivity (Wildman–Crippen MR) is 73.5 cm³/mol. The van der Waals surface area contributed by atoms with Gasteiger partial charge in [0.1, 0.15) is 0 Å². The molecule has 0 saturated carbocycles. The SMILES string of the molecule is Cc1ccc(N(CCC(=O)O)Cc2nnc(C)o2)cc1. The quantitative estimate of drug-likeness (QED) is 0.870. The number of hydrogen-bond acceptors (Lipinski definition) is 5. The largest absolute Gasteiger partial charge is 0.481 e. The highest BCUT2D eigenvalue weighted by atomic mass is 16.4. The van der Waals surface area contributed by atoms with Gasteiger partial charge in [-0.1, -0.05) is 17.7 Å². The molecule has 0 atom stereocenters. The summed E-state index contributed by atoms with van der Waals surface area (Å²) in [5.74, 6) is 0.152. The number of rotatable bonds is 6. The van der Waals surface area contributed by atoms with Gasteiger partial charge in [0.15, 0.2) is 0 Å². The van der Waals surface area contributed by atoms with Gasteiger partial charge in [-0.3, -0.25) is 4.79 Å². The molecular weight excluding hydrogens is 258 g/mol. The van der Waals surface area contributed by atoms with Crippen LogP contribution >= 0.6 is 0 Å². The molecule has 0 aliphatic carbocycles. The van der Waals surface area contributed by atoms with E-state index in [1.165, 1.54) is 0 Å². The van der Waals surface area contributed by atoms with Crippen molar-refractivity contribution < 1.29 is 14.3 Å². The van der Waals surface area contributed by atoms with Crippen molar-refractivity contribution in [3.63, 3.8) is 0 Å². The molecule has 6 heteroatoms. The van der Waals surface area contributed by atoms with Gasteiger partial charge in [0.2, 0.25) is 11.8 Å². The average molecular weight is 275 g/mol. The molecule has 0 bridgehead atoms. The van der Waals surface area contributed by atoms with E-state index < -0.39 is 5.97 Å². The molecule has 1 aromatic carbocycles. The Morgan fingerprint density at radius 1 is 1.25 bits per heavy atom. The Labute approximate surface area is 117 Å². The van der Waals surface area contributed by atoms with Crippen LogP contribution in [0.5, 0.6) is 0 Å². The lowest BCUT2D eigenvalue weighted by Gasteiger charge is -2.22. The van der Waals surface area contributed by atoms with Crippen LogP contribution in [0, 0.1) is 13.8 Å². The van der Waals surface area contributed by atoms with Crippen LogP contribution in [0.15, 0.2) is 28.7 Å². The second kappa shape index (κ2) is 6.18. The van der Waals surface area contributed by atoms with E-state index in [4.69, 9.17) is 9.52 Å². The Morgan fingerprint density at radius 2 is 1.95 bits per heavy atom. The molecule has 0 fully saturated rings. The number of anilines is 1. The molecule has 0 aliphatic rings. The highest BCUT2D eigenvalue weighted by molar-refractivity contribution is 5.67. The van der Waals surface area contributed by atoms with E-state index in [0.717, 1.165) is 11.3 Å². The third-order valence-corrected chi connectivity index (χ3v) is 2.89. The molecule has 0 amide bonds. The number of carboxylic acids is 1. The van der Waals surface area contributed by atoms with Gasteiger partial charge in [0.05, 0.1) is 13.0 Å². The van der Waals surface area contributed by atoms with Crippen LogP contribution in [0.1, 0.15) is 23.8 Å². The zero-order valence-corrected chi connectivity index (χ0v) is 11.5. The van der Waals surface area contributed by atoms with Gasteiger partial charge < -0.3 is 14.4 Å². The predicted octanol–water partition coefficient (Wildman–Crippen LogP) is 2.17. The standard InChI is InChI=1S/C14H17N3O3/c1-10-3-5-12(6-4-10)17(8-7-14(18)19)9-13-16-15-11(2)20-13/h3-6H,7-9H2,1-2H3,(H,18,19). The van der Waals surface area contributed by atoms with Gasteiger partial charge in [-0.15, -0.1) is 10.2 Å². The minimum atomic E-state index is -0.830. The Kier molecular flexibility index (Phi) is 4.34. The lowest BCUT2D eigenvalue weighted by atomic mass is 10.2. The van der Waals surface area contributed by atoms with Gasteiger partial charge in [-0.25, -0.2) is 0 Å². The maximum atomic E-state index is 10.8. The van der Waals surface area contributed by atoms with E-state index in [1.807, 2.05) is 36.1 Å². The zero-order chi connectivity index (χ0) is 14.5. The Hall–Kier alpha value is -2.37. The smallest absolute Gasteiger partial charge is 0.305 e. The molecule has 20 heavy (non-hydrogen) atoms. The van der Waals surface area contributed by atoms with Crippen molar-refractivity contribution in [2.75, 3.05) is 11.4 Å². The highest BCUT2D eigenvalue weighted by Crippen LogP contribution is 2.18. The summed E-state index contributed by atoms with van der Waals surface area (Å²) in [4.78, 5) is 12.7. The summed E-state index contributed by atoms with van der Waals surface area (Å²) in [7, 11) is 0. The Bertz CT molecular complexity index is 578. The molecule has 2 aromatic rings. The first-order valence-electron chi connectivity index (χ1n) is 6.37. The summed E-state index contributed by atoms with van der Waals surface area (Å²) in [6.45, 7) is 4.52. The Morgan fingerprint density at radius 3 is 2.50 bits per heavy atom. The molecule has 0 saturated heterocycles. The molecule has 1 heterocycles. The Balaban J connectivity index is 2.15. The summed E-state index contributed by atoms with van der Waals surface area (Å²) in [5, 5.41) is 16.6. The first-order chi connectivity index (χ1) is 9.54. The van der Waals surface area contributed by atoms with Gasteiger partial charge >= 0.3 is 5.97 Å². The fourth-order valence-corrected chi connectivity index (χ4v) is 1.85. The number of aryl methyl sites for hydroxylation is 2. The molecule has 0 aliphatic heterocycles. The van der Waals surface area contributed by atoms with Crippen LogP contribution < -0.4 is 4.90 Å². The maximum Gasteiger partial charge on any atom is 0.305 e. The normalized spacial score (nSPS) is 10.5. The third kappa shape index (κ3) is 3.81. The molecule has 2 rings (SSSR count). The van der Waals surface area contributed by atoms with Gasteiger partial charge in [-0.2, -0.15) is 0 Å². The lowest BCUT2D eigenvalue weighted by molar-refractivity contribution is -0.136. The van der Waals surface area contributed by atoms with E-state index >= 15 is 0 Å². The summed E-state index contributed by atoms with van der Waals surface area (Å²) in [6, 6.07) is 7.89. The number of benzene rings is 1. The van der Waals surface area contributed by atoms with E-state index in [0.29, 0.717) is 24.9 Å². The van der Waals surface area contributed by atoms with Gasteiger partial charge in [0.25, 0.3) is 0 Å². The fraction of sp³-hybridized carbons (Fsp3) is 0.357. The van der Waals surface area contributed by atoms with E-state index in [1.54, 1.807) is 6.92 Å². The van der Waals surface area contributed by atoms with E-state index in [2.05, 4.69) is 10.2 Å². The van der Waals surface area contributed by atoms with E-state index in [-0.39, 0.29) is 6.42 Å². The molecule has 1 aromatic heterocycles. The second-order valence-corrected chi connectivity index (χ2v) is 4.62. The zero-order valence-electron chi connectivity index (χ0n) is 11.5. The minimum absolute atomic E-state index is 0.0565. The van der Waals surface area contributed by atoms with Crippen molar-refractivity contribution in [3.05, 3.63) is 41.6 Å². The van der Waals surface area contributed by atoms with Crippen molar-refractivity contribution in [2.45, 2.75) is 26.8 Å². The first kappa shape index (κ1) is 14.0. The number of hydrogen-bond donors (Lipinski definition) is 1. The molecule has 6 nitrogen and oxygen atoms in total. The molecule has 1 N–H and O–H groups in total. The molecule has 0 unspecified atom stereocenters. The van der Waals surface area contributed by atoms with Crippen LogP contribution in [0.2, 0.25) is 0 Å². The topological polar surface area (TPSA) is 79.5 Å². The first-order valence-corrected chi connectivity index (χ1v) is 6.37. The number of nitrogens with zero attached hydrogens (tertiary/aromatic N) is 3. The van der Waals surface area contributed by atoms with E-state index in [9.17, 15) is 4.79 Å². The van der Waals surface area contributed by atoms with Crippen LogP contribution in [0.4, 0.5) is 5.69 Å². The number of aliphatic carboxylic acids is 1. The van der Waals surface area contributed by atoms with Gasteiger partial charge in [0, 0.05) is 19.2 Å². The molecule has 106 valence electrons. The summed E-state index contributed by atoms with van der Waals surface area (Å²) >= 11 is 0. The lowest BCUT2D eigenvalue weighted by Crippen LogP contribution is -2.25. The number of carbonyl (C=O) groups is 1. The highest BCUT2D eigenvalue weighted by Gasteiger charge is 2.13. The third-order valence-electron chi connectivity index (χ3n) is 2.89. The summed E-state index contributed by atoms with van der Waals surface area (Å²) in [6.07, 6.45) is 0.0565. The molecule has 0 radical (unpaired) electrons. The second-order valence-electron chi connectivity index (χ2n) is 4.62. The van der Waals surface area contributed by atoms with Crippen LogP contribution in [0.3, 0.4) is 0 Å². The fourth-order valence-electron chi connectivity index (χ4n) is 1.85. The molecular formula is C14H17N3O3. The number of aromatic nitrogens is 2. The summed E-state index contributed by atoms with van der Waals surface area (Å²) < 4.78 is 5.35. The molecule has 0 spiro atoms. The summed E-state index contributed by atoms with van der Waals surface area (Å²) in [5.41, 5.74) is 2.09. The van der Waals surface area contributed by atoms with Crippen LogP contribution in [0.25, 0.3) is 0 Å². The minimum Gasteiger partial charge on any atom is -0.481 e. The average Bonchev–Trinajstić information content (AvgIpc) is 2.81. The van der Waals surface area contributed by atoms with Crippen molar-refractivity contribution in [1.29, 1.82) is 0 Å². The monoisotopic (exact) mass is 275 g/mol. The van der Waals surface area contributed by atoms with Crippen molar-refractivity contribution in [3.8, 4) is 0 Å². The van der Waals surface area contributed by atoms with Crippen molar-refractivity contribution in [2.24, 2.45) is 0 Å².